The van der Waals surface area contributed by atoms with Gasteiger partial charge in [-0.3, -0.25) is 9.69 Å². The Bertz CT molecular complexity index is 684. The van der Waals surface area contributed by atoms with E-state index in [4.69, 9.17) is 9.15 Å². The molecule has 5 heteroatoms. The maximum absolute atomic E-state index is 12.2. The summed E-state index contributed by atoms with van der Waals surface area (Å²) in [4.78, 5) is 16.5. The molecule has 0 N–H and O–H groups in total. The van der Waals surface area contributed by atoms with Crippen molar-refractivity contribution < 1.29 is 13.9 Å². The van der Waals surface area contributed by atoms with Crippen LogP contribution in [0.5, 0.6) is 5.75 Å². The fraction of sp³-hybridized carbons (Fsp3) is 0.350. The molecular formula is C20H24N2O3. The second-order valence-corrected chi connectivity index (χ2v) is 6.03. The zero-order chi connectivity index (χ0) is 17.5. The fourth-order valence-electron chi connectivity index (χ4n) is 2.89. The van der Waals surface area contributed by atoms with Crippen molar-refractivity contribution in [2.45, 2.75) is 13.5 Å². The molecule has 5 nitrogen and oxygen atoms in total. The molecule has 0 radical (unpaired) electrons. The van der Waals surface area contributed by atoms with Gasteiger partial charge in [0.25, 0.3) is 0 Å². The smallest absolute Gasteiger partial charge is 0.246 e. The van der Waals surface area contributed by atoms with Gasteiger partial charge in [0.05, 0.1) is 12.9 Å². The van der Waals surface area contributed by atoms with Crippen LogP contribution in [0.15, 0.2) is 53.2 Å². The minimum absolute atomic E-state index is 0.0390. The third kappa shape index (κ3) is 4.97. The topological polar surface area (TPSA) is 45.9 Å². The molecule has 25 heavy (non-hydrogen) atoms. The maximum atomic E-state index is 12.2. The predicted molar refractivity (Wildman–Crippen MR) is 97.2 cm³/mol. The second kappa shape index (κ2) is 8.53. The Morgan fingerprint density at radius 1 is 1.16 bits per heavy atom. The van der Waals surface area contributed by atoms with Crippen LogP contribution >= 0.6 is 0 Å². The van der Waals surface area contributed by atoms with Gasteiger partial charge in [0.1, 0.15) is 11.5 Å². The fourth-order valence-corrected chi connectivity index (χ4v) is 2.89. The molecule has 3 rings (SSSR count). The lowest BCUT2D eigenvalue weighted by molar-refractivity contribution is -0.127. The average molecular weight is 340 g/mol. The number of furan rings is 1. The van der Waals surface area contributed by atoms with Crippen LogP contribution < -0.4 is 4.74 Å². The molecule has 0 spiro atoms. The van der Waals surface area contributed by atoms with Gasteiger partial charge in [-0.2, -0.15) is 0 Å². The third-order valence-electron chi connectivity index (χ3n) is 4.26. The highest BCUT2D eigenvalue weighted by Gasteiger charge is 2.19. The molecule has 0 bridgehead atoms. The van der Waals surface area contributed by atoms with Crippen molar-refractivity contribution in [3.63, 3.8) is 0 Å². The lowest BCUT2D eigenvalue weighted by Crippen LogP contribution is -2.47. The van der Waals surface area contributed by atoms with Gasteiger partial charge < -0.3 is 14.1 Å². The number of hydrogen-bond donors (Lipinski definition) is 0. The predicted octanol–water partition coefficient (Wildman–Crippen LogP) is 3.04. The number of nitrogens with zero attached hydrogens (tertiary/aromatic N) is 2. The minimum atomic E-state index is 0.0390. The SMILES string of the molecule is CCOc1ccc(CN2CCN(C(=O)/C=C/c3ccco3)CC2)cc1. The van der Waals surface area contributed by atoms with Crippen LogP contribution in [0.4, 0.5) is 0 Å². The Labute approximate surface area is 148 Å². The lowest BCUT2D eigenvalue weighted by Gasteiger charge is -2.34. The first kappa shape index (κ1) is 17.3. The molecule has 0 unspecified atom stereocenters. The van der Waals surface area contributed by atoms with Gasteiger partial charge in [0.2, 0.25) is 5.91 Å². The minimum Gasteiger partial charge on any atom is -0.494 e. The zero-order valence-electron chi connectivity index (χ0n) is 14.6. The molecule has 1 aliphatic rings. The van der Waals surface area contributed by atoms with Crippen LogP contribution in [0.2, 0.25) is 0 Å². The van der Waals surface area contributed by atoms with Gasteiger partial charge in [-0.25, -0.2) is 0 Å². The summed E-state index contributed by atoms with van der Waals surface area (Å²) in [5.41, 5.74) is 1.26. The van der Waals surface area contributed by atoms with Crippen LogP contribution in [0.25, 0.3) is 6.08 Å². The standard InChI is InChI=1S/C20H24N2O3/c1-2-24-19-7-5-17(6-8-19)16-21-11-13-22(14-12-21)20(23)10-9-18-4-3-15-25-18/h3-10,15H,2,11-14,16H2,1H3/b10-9+. The molecule has 1 amide bonds. The van der Waals surface area contributed by atoms with E-state index >= 15 is 0 Å². The quantitative estimate of drug-likeness (QED) is 0.758. The highest BCUT2D eigenvalue weighted by Crippen LogP contribution is 2.15. The number of piperazine rings is 1. The summed E-state index contributed by atoms with van der Waals surface area (Å²) in [6.45, 7) is 6.83. The van der Waals surface area contributed by atoms with E-state index in [9.17, 15) is 4.79 Å². The van der Waals surface area contributed by atoms with Crippen molar-refractivity contribution in [3.8, 4) is 5.75 Å². The van der Waals surface area contributed by atoms with Crippen LogP contribution in [0.1, 0.15) is 18.2 Å². The van der Waals surface area contributed by atoms with Crippen molar-refractivity contribution >= 4 is 12.0 Å². The first-order chi connectivity index (χ1) is 12.2. The Morgan fingerprint density at radius 3 is 2.56 bits per heavy atom. The molecule has 1 aromatic carbocycles. The summed E-state index contributed by atoms with van der Waals surface area (Å²) in [5.74, 6) is 1.64. The normalized spacial score (nSPS) is 15.6. The van der Waals surface area contributed by atoms with E-state index in [-0.39, 0.29) is 5.91 Å². The third-order valence-corrected chi connectivity index (χ3v) is 4.26. The van der Waals surface area contributed by atoms with Crippen molar-refractivity contribution in [3.05, 3.63) is 60.1 Å². The maximum Gasteiger partial charge on any atom is 0.246 e. The lowest BCUT2D eigenvalue weighted by atomic mass is 10.2. The van der Waals surface area contributed by atoms with Gasteiger partial charge >= 0.3 is 0 Å². The second-order valence-electron chi connectivity index (χ2n) is 6.03. The summed E-state index contributed by atoms with van der Waals surface area (Å²) < 4.78 is 10.7. The monoisotopic (exact) mass is 340 g/mol. The zero-order valence-corrected chi connectivity index (χ0v) is 14.6. The first-order valence-corrected chi connectivity index (χ1v) is 8.69. The highest BCUT2D eigenvalue weighted by molar-refractivity contribution is 5.91. The summed E-state index contributed by atoms with van der Waals surface area (Å²) >= 11 is 0. The molecule has 0 aliphatic carbocycles. The highest BCUT2D eigenvalue weighted by atomic mass is 16.5. The Kier molecular flexibility index (Phi) is 5.90. The largest absolute Gasteiger partial charge is 0.494 e. The summed E-state index contributed by atoms with van der Waals surface area (Å²) in [6, 6.07) is 11.9. The van der Waals surface area contributed by atoms with E-state index in [0.29, 0.717) is 12.4 Å². The Morgan fingerprint density at radius 2 is 1.92 bits per heavy atom. The molecule has 0 saturated carbocycles. The van der Waals surface area contributed by atoms with Crippen LogP contribution in [-0.2, 0) is 11.3 Å². The van der Waals surface area contributed by atoms with Crippen molar-refractivity contribution in [2.75, 3.05) is 32.8 Å². The van der Waals surface area contributed by atoms with Gasteiger partial charge in [-0.05, 0) is 42.8 Å². The van der Waals surface area contributed by atoms with Gasteiger partial charge in [-0.15, -0.1) is 0 Å². The van der Waals surface area contributed by atoms with Crippen molar-refractivity contribution in [1.29, 1.82) is 0 Å². The van der Waals surface area contributed by atoms with Gasteiger partial charge in [0, 0.05) is 38.8 Å². The van der Waals surface area contributed by atoms with Crippen molar-refractivity contribution in [2.24, 2.45) is 0 Å². The molecule has 2 heterocycles. The number of carbonyl (C=O) groups is 1. The number of hydrogen-bond acceptors (Lipinski definition) is 4. The van der Waals surface area contributed by atoms with Crippen LogP contribution in [0, 0.1) is 0 Å². The van der Waals surface area contributed by atoms with Crippen LogP contribution in [0.3, 0.4) is 0 Å². The van der Waals surface area contributed by atoms with Gasteiger partial charge in [0.15, 0.2) is 0 Å². The number of amides is 1. The molecule has 0 atom stereocenters. The summed E-state index contributed by atoms with van der Waals surface area (Å²) in [6.07, 6.45) is 4.90. The number of carbonyl (C=O) groups excluding carboxylic acids is 1. The molecule has 1 saturated heterocycles. The Balaban J connectivity index is 1.45. The molecule has 1 fully saturated rings. The van der Waals surface area contributed by atoms with E-state index in [1.165, 1.54) is 5.56 Å². The van der Waals surface area contributed by atoms with Crippen LogP contribution in [-0.4, -0.2) is 48.5 Å². The van der Waals surface area contributed by atoms with E-state index in [1.54, 1.807) is 18.4 Å². The molecule has 1 aromatic heterocycles. The molecular weight excluding hydrogens is 316 g/mol. The number of ether oxygens (including phenoxy) is 1. The number of benzene rings is 1. The number of rotatable bonds is 6. The first-order valence-electron chi connectivity index (χ1n) is 8.69. The van der Waals surface area contributed by atoms with E-state index in [0.717, 1.165) is 38.5 Å². The molecule has 132 valence electrons. The van der Waals surface area contributed by atoms with Gasteiger partial charge in [-0.1, -0.05) is 12.1 Å². The summed E-state index contributed by atoms with van der Waals surface area (Å²) in [5, 5.41) is 0. The van der Waals surface area contributed by atoms with Crippen molar-refractivity contribution in [1.82, 2.24) is 9.80 Å². The molecule has 1 aliphatic heterocycles. The average Bonchev–Trinajstić information content (AvgIpc) is 3.16. The van der Waals surface area contributed by atoms with E-state index in [1.807, 2.05) is 36.1 Å². The molecule has 2 aromatic rings. The summed E-state index contributed by atoms with van der Waals surface area (Å²) in [7, 11) is 0. The Hall–Kier alpha value is -2.53. The van der Waals surface area contributed by atoms with E-state index < -0.39 is 0 Å². The van der Waals surface area contributed by atoms with E-state index in [2.05, 4.69) is 17.0 Å².